The molecule has 7 heteroatoms. The molecule has 1 amide bonds. The monoisotopic (exact) mass is 370 g/mol. The van der Waals surface area contributed by atoms with E-state index in [4.69, 9.17) is 9.15 Å². The molecule has 2 aliphatic rings. The van der Waals surface area contributed by atoms with E-state index in [0.717, 1.165) is 44.1 Å². The van der Waals surface area contributed by atoms with Gasteiger partial charge in [-0.1, -0.05) is 30.3 Å². The molecule has 0 aliphatic carbocycles. The number of likely N-dealkylation sites (N-methyl/N-ethyl adjacent to an activating group) is 1. The summed E-state index contributed by atoms with van der Waals surface area (Å²) in [4.78, 5) is 21.4. The van der Waals surface area contributed by atoms with Crippen molar-refractivity contribution in [2.24, 2.45) is 0 Å². The number of rotatable bonds is 5. The van der Waals surface area contributed by atoms with Crippen LogP contribution in [-0.2, 0) is 24.2 Å². The molecule has 1 atom stereocenters. The number of hydrogen-bond acceptors (Lipinski definition) is 6. The van der Waals surface area contributed by atoms with Gasteiger partial charge in [-0.2, -0.15) is 0 Å². The number of aromatic nitrogens is 1. The van der Waals surface area contributed by atoms with E-state index < -0.39 is 0 Å². The van der Waals surface area contributed by atoms with Crippen LogP contribution in [0.5, 0.6) is 0 Å². The molecule has 0 bridgehead atoms. The maximum absolute atomic E-state index is 12.4. The molecule has 27 heavy (non-hydrogen) atoms. The van der Waals surface area contributed by atoms with Gasteiger partial charge in [-0.05, 0) is 12.6 Å². The van der Waals surface area contributed by atoms with Crippen LogP contribution < -0.4 is 5.32 Å². The zero-order valence-corrected chi connectivity index (χ0v) is 15.7. The first kappa shape index (κ1) is 18.2. The number of carbonyl (C=O) groups is 1. The molecule has 2 aromatic rings. The summed E-state index contributed by atoms with van der Waals surface area (Å²) in [5.74, 6) is 0.722. The molecule has 0 saturated carbocycles. The Morgan fingerprint density at radius 1 is 1.30 bits per heavy atom. The number of fused-ring (bicyclic) bond motifs is 1. The molecule has 0 spiro atoms. The second-order valence-corrected chi connectivity index (χ2v) is 7.30. The van der Waals surface area contributed by atoms with Crippen LogP contribution in [0.25, 0.3) is 0 Å². The molecule has 7 nitrogen and oxygen atoms in total. The highest BCUT2D eigenvalue weighted by Gasteiger charge is 2.26. The molecular formula is C20H26N4O3. The van der Waals surface area contributed by atoms with Crippen molar-refractivity contribution in [3.8, 4) is 0 Å². The van der Waals surface area contributed by atoms with Crippen molar-refractivity contribution in [3.05, 3.63) is 53.2 Å². The van der Waals surface area contributed by atoms with E-state index in [1.165, 1.54) is 5.56 Å². The van der Waals surface area contributed by atoms with Crippen molar-refractivity contribution in [1.82, 2.24) is 20.1 Å². The van der Waals surface area contributed by atoms with Gasteiger partial charge in [0.2, 0.25) is 0 Å². The van der Waals surface area contributed by atoms with E-state index in [1.54, 1.807) is 0 Å². The van der Waals surface area contributed by atoms with Gasteiger partial charge in [-0.15, -0.1) is 0 Å². The van der Waals surface area contributed by atoms with Crippen molar-refractivity contribution in [2.75, 3.05) is 39.8 Å². The SMILES string of the molecule is CN1CCO[C@@H](CNC(=O)c2nc3c(o2)CCN(Cc2ccccc2)C3)C1. The number of nitrogens with zero attached hydrogens (tertiary/aromatic N) is 3. The molecule has 144 valence electrons. The van der Waals surface area contributed by atoms with E-state index >= 15 is 0 Å². The highest BCUT2D eigenvalue weighted by molar-refractivity contribution is 5.89. The standard InChI is InChI=1S/C20H26N4O3/c1-23-9-10-26-16(13-23)11-21-19(25)20-22-17-14-24(8-7-18(17)27-20)12-15-5-3-2-4-6-15/h2-6,16H,7-14H2,1H3,(H,21,25)/t16-/m0/s1. The molecule has 1 fully saturated rings. The number of amides is 1. The Hall–Kier alpha value is -2.22. The van der Waals surface area contributed by atoms with Gasteiger partial charge in [0.25, 0.3) is 5.89 Å². The predicted octanol–water partition coefficient (Wildman–Crippen LogP) is 1.29. The van der Waals surface area contributed by atoms with Crippen molar-refractivity contribution >= 4 is 5.91 Å². The lowest BCUT2D eigenvalue weighted by Crippen LogP contribution is -2.45. The lowest BCUT2D eigenvalue weighted by molar-refractivity contribution is -0.0176. The Morgan fingerprint density at radius 2 is 2.15 bits per heavy atom. The molecule has 4 rings (SSSR count). The van der Waals surface area contributed by atoms with E-state index in [2.05, 4.69) is 51.4 Å². The fraction of sp³-hybridized carbons (Fsp3) is 0.500. The molecule has 1 aromatic heterocycles. The second kappa shape index (κ2) is 8.21. The lowest BCUT2D eigenvalue weighted by Gasteiger charge is -2.29. The van der Waals surface area contributed by atoms with Crippen molar-refractivity contribution in [1.29, 1.82) is 0 Å². The average molecular weight is 370 g/mol. The fourth-order valence-corrected chi connectivity index (χ4v) is 3.60. The Kier molecular flexibility index (Phi) is 5.52. The van der Waals surface area contributed by atoms with Gasteiger partial charge < -0.3 is 19.4 Å². The number of morpholine rings is 1. The third-order valence-electron chi connectivity index (χ3n) is 5.08. The first-order chi connectivity index (χ1) is 13.2. The molecule has 0 radical (unpaired) electrons. The summed E-state index contributed by atoms with van der Waals surface area (Å²) in [6, 6.07) is 10.4. The fourth-order valence-electron chi connectivity index (χ4n) is 3.60. The molecular weight excluding hydrogens is 344 g/mol. The summed E-state index contributed by atoms with van der Waals surface area (Å²) in [7, 11) is 2.06. The van der Waals surface area contributed by atoms with Gasteiger partial charge in [0.1, 0.15) is 5.76 Å². The van der Waals surface area contributed by atoms with E-state index in [0.29, 0.717) is 19.7 Å². The highest BCUT2D eigenvalue weighted by atomic mass is 16.5. The zero-order chi connectivity index (χ0) is 18.6. The molecule has 2 aliphatic heterocycles. The van der Waals surface area contributed by atoms with Crippen LogP contribution in [-0.4, -0.2) is 66.6 Å². The quantitative estimate of drug-likeness (QED) is 0.855. The van der Waals surface area contributed by atoms with Gasteiger partial charge >= 0.3 is 5.91 Å². The summed E-state index contributed by atoms with van der Waals surface area (Å²) in [5.41, 5.74) is 2.15. The highest BCUT2D eigenvalue weighted by Crippen LogP contribution is 2.21. The molecule has 1 aromatic carbocycles. The maximum atomic E-state index is 12.4. The second-order valence-electron chi connectivity index (χ2n) is 7.30. The largest absolute Gasteiger partial charge is 0.437 e. The third kappa shape index (κ3) is 4.55. The lowest BCUT2D eigenvalue weighted by atomic mass is 10.1. The minimum atomic E-state index is -0.268. The molecule has 0 unspecified atom stereocenters. The van der Waals surface area contributed by atoms with Crippen LogP contribution in [0.1, 0.15) is 27.7 Å². The Morgan fingerprint density at radius 3 is 2.96 bits per heavy atom. The van der Waals surface area contributed by atoms with Gasteiger partial charge in [0.15, 0.2) is 0 Å². The normalized spacial score (nSPS) is 21.0. The van der Waals surface area contributed by atoms with Gasteiger partial charge in [-0.25, -0.2) is 4.98 Å². The first-order valence-electron chi connectivity index (χ1n) is 9.50. The number of carbonyl (C=O) groups excluding carboxylic acids is 1. The smallest absolute Gasteiger partial charge is 0.307 e. The van der Waals surface area contributed by atoms with Gasteiger partial charge in [0.05, 0.1) is 18.4 Å². The van der Waals surface area contributed by atoms with Gasteiger partial charge in [-0.3, -0.25) is 9.69 Å². The van der Waals surface area contributed by atoms with Crippen molar-refractivity contribution in [3.63, 3.8) is 0 Å². The molecule has 1 N–H and O–H groups in total. The zero-order valence-electron chi connectivity index (χ0n) is 15.7. The first-order valence-corrected chi connectivity index (χ1v) is 9.50. The minimum absolute atomic E-state index is 0.0126. The predicted molar refractivity (Wildman–Crippen MR) is 100 cm³/mol. The number of oxazole rings is 1. The van der Waals surface area contributed by atoms with Crippen LogP contribution in [0.3, 0.4) is 0 Å². The van der Waals surface area contributed by atoms with Crippen LogP contribution in [0.15, 0.2) is 34.7 Å². The molecule has 3 heterocycles. The number of ether oxygens (including phenoxy) is 1. The van der Waals surface area contributed by atoms with Crippen LogP contribution in [0.4, 0.5) is 0 Å². The Balaban J connectivity index is 1.33. The van der Waals surface area contributed by atoms with E-state index in [-0.39, 0.29) is 17.9 Å². The van der Waals surface area contributed by atoms with Crippen LogP contribution in [0, 0.1) is 0 Å². The minimum Gasteiger partial charge on any atom is -0.437 e. The topological polar surface area (TPSA) is 70.8 Å². The van der Waals surface area contributed by atoms with Crippen molar-refractivity contribution < 1.29 is 13.9 Å². The number of benzene rings is 1. The summed E-state index contributed by atoms with van der Waals surface area (Å²) < 4.78 is 11.4. The average Bonchev–Trinajstić information content (AvgIpc) is 3.10. The Labute approximate surface area is 159 Å². The van der Waals surface area contributed by atoms with E-state index in [1.807, 2.05) is 6.07 Å². The summed E-state index contributed by atoms with van der Waals surface area (Å²) in [5, 5.41) is 2.89. The maximum Gasteiger partial charge on any atom is 0.307 e. The number of hydrogen-bond donors (Lipinski definition) is 1. The Bertz CT molecular complexity index is 777. The van der Waals surface area contributed by atoms with Crippen LogP contribution in [0.2, 0.25) is 0 Å². The summed E-state index contributed by atoms with van der Waals surface area (Å²) >= 11 is 0. The van der Waals surface area contributed by atoms with E-state index in [9.17, 15) is 4.79 Å². The third-order valence-corrected chi connectivity index (χ3v) is 5.08. The number of nitrogens with one attached hydrogen (secondary N) is 1. The summed E-state index contributed by atoms with van der Waals surface area (Å²) in [6.07, 6.45) is 0.789. The van der Waals surface area contributed by atoms with Crippen LogP contribution >= 0.6 is 0 Å². The molecule has 1 saturated heterocycles. The summed E-state index contributed by atoms with van der Waals surface area (Å²) in [6.45, 7) is 5.39. The van der Waals surface area contributed by atoms with Gasteiger partial charge in [0, 0.05) is 45.7 Å². The van der Waals surface area contributed by atoms with Crippen molar-refractivity contribution in [2.45, 2.75) is 25.6 Å².